The molecule has 0 radical (unpaired) electrons. The van der Waals surface area contributed by atoms with Gasteiger partial charge in [0.05, 0.1) is 11.9 Å². The van der Waals surface area contributed by atoms with Gasteiger partial charge in [-0.05, 0) is 54.0 Å². The molecular formula is C13H16BrN5O. The van der Waals surface area contributed by atoms with Crippen molar-refractivity contribution in [1.29, 1.82) is 0 Å². The Morgan fingerprint density at radius 1 is 1.30 bits per heavy atom. The Balaban J connectivity index is 1.98. The van der Waals surface area contributed by atoms with Crippen molar-refractivity contribution >= 4 is 27.4 Å². The lowest BCUT2D eigenvalue weighted by molar-refractivity contribution is 0.448. The van der Waals surface area contributed by atoms with Gasteiger partial charge in [-0.3, -0.25) is 5.10 Å². The summed E-state index contributed by atoms with van der Waals surface area (Å²) in [4.78, 5) is 6.61. The summed E-state index contributed by atoms with van der Waals surface area (Å²) >= 11 is 3.28. The molecule has 3 N–H and O–H groups in total. The van der Waals surface area contributed by atoms with Crippen LogP contribution in [-0.2, 0) is 0 Å². The minimum atomic E-state index is 0.145. The molecule has 1 aliphatic heterocycles. The van der Waals surface area contributed by atoms with Crippen LogP contribution < -0.4 is 10.2 Å². The monoisotopic (exact) mass is 337 g/mol. The number of aromatic amines is 1. The molecule has 3 heterocycles. The molecule has 0 amide bonds. The Morgan fingerprint density at radius 3 is 2.75 bits per heavy atom. The lowest BCUT2D eigenvalue weighted by atomic mass is 10.0. The predicted octanol–water partition coefficient (Wildman–Crippen LogP) is 2.16. The number of hydrogen-bond donors (Lipinski definition) is 3. The SMILES string of the molecule is Oc1ccc(N(c2cn[nH]c2)C2CCNCC2)nc1Br. The molecule has 0 aliphatic carbocycles. The quantitative estimate of drug-likeness (QED) is 0.748. The number of nitrogens with one attached hydrogen (secondary N) is 2. The number of rotatable bonds is 3. The minimum Gasteiger partial charge on any atom is -0.505 e. The zero-order chi connectivity index (χ0) is 13.9. The highest BCUT2D eigenvalue weighted by Gasteiger charge is 2.24. The van der Waals surface area contributed by atoms with Gasteiger partial charge in [0.1, 0.15) is 16.2 Å². The molecule has 2 aromatic rings. The first-order chi connectivity index (χ1) is 9.75. The van der Waals surface area contributed by atoms with E-state index >= 15 is 0 Å². The number of anilines is 2. The molecule has 3 rings (SSSR count). The van der Waals surface area contributed by atoms with Crippen LogP contribution in [0, 0.1) is 0 Å². The van der Waals surface area contributed by atoms with Gasteiger partial charge in [-0.15, -0.1) is 0 Å². The Morgan fingerprint density at radius 2 is 2.10 bits per heavy atom. The van der Waals surface area contributed by atoms with Crippen molar-refractivity contribution in [3.05, 3.63) is 29.1 Å². The van der Waals surface area contributed by atoms with E-state index < -0.39 is 0 Å². The summed E-state index contributed by atoms with van der Waals surface area (Å²) in [7, 11) is 0. The van der Waals surface area contributed by atoms with Gasteiger partial charge in [-0.2, -0.15) is 5.10 Å². The lowest BCUT2D eigenvalue weighted by Gasteiger charge is -2.34. The van der Waals surface area contributed by atoms with Crippen LogP contribution in [0.3, 0.4) is 0 Å². The number of H-pyrrole nitrogens is 1. The first-order valence-corrected chi connectivity index (χ1v) is 7.39. The van der Waals surface area contributed by atoms with Gasteiger partial charge in [0, 0.05) is 12.2 Å². The zero-order valence-corrected chi connectivity index (χ0v) is 12.5. The lowest BCUT2D eigenvalue weighted by Crippen LogP contribution is -2.41. The van der Waals surface area contributed by atoms with Crippen LogP contribution in [0.5, 0.6) is 5.75 Å². The standard InChI is InChI=1S/C13H16BrN5O/c14-13-11(20)1-2-12(18-13)19(10-7-16-17-8-10)9-3-5-15-6-4-9/h1-2,7-9,15,20H,3-6H2,(H,16,17). The van der Waals surface area contributed by atoms with Crippen molar-refractivity contribution in [2.75, 3.05) is 18.0 Å². The van der Waals surface area contributed by atoms with E-state index in [9.17, 15) is 5.11 Å². The summed E-state index contributed by atoms with van der Waals surface area (Å²) in [5.41, 5.74) is 0.988. The zero-order valence-electron chi connectivity index (χ0n) is 10.9. The van der Waals surface area contributed by atoms with Crippen molar-refractivity contribution in [1.82, 2.24) is 20.5 Å². The fraction of sp³-hybridized carbons (Fsp3) is 0.385. The number of pyridine rings is 1. The molecule has 0 unspecified atom stereocenters. The largest absolute Gasteiger partial charge is 0.505 e. The van der Waals surface area contributed by atoms with Gasteiger partial charge in [0.25, 0.3) is 0 Å². The van der Waals surface area contributed by atoms with Crippen LogP contribution >= 0.6 is 15.9 Å². The van der Waals surface area contributed by atoms with Gasteiger partial charge >= 0.3 is 0 Å². The van der Waals surface area contributed by atoms with Gasteiger partial charge in [0.2, 0.25) is 0 Å². The molecule has 1 aliphatic rings. The summed E-state index contributed by atoms with van der Waals surface area (Å²) in [6.45, 7) is 2.00. The van der Waals surface area contributed by atoms with E-state index in [-0.39, 0.29) is 5.75 Å². The molecule has 0 atom stereocenters. The molecule has 1 saturated heterocycles. The normalized spacial score (nSPS) is 16.2. The molecule has 7 heteroatoms. The number of aromatic nitrogens is 3. The molecule has 106 valence electrons. The summed E-state index contributed by atoms with van der Waals surface area (Å²) in [6.07, 6.45) is 5.76. The van der Waals surface area contributed by atoms with E-state index in [2.05, 4.69) is 41.3 Å². The summed E-state index contributed by atoms with van der Waals surface area (Å²) in [5, 5.41) is 19.9. The molecule has 0 saturated carbocycles. The average molecular weight is 338 g/mol. The maximum Gasteiger partial charge on any atom is 0.150 e. The molecule has 0 bridgehead atoms. The van der Waals surface area contributed by atoms with E-state index in [4.69, 9.17) is 0 Å². The third-order valence-corrected chi connectivity index (χ3v) is 4.08. The van der Waals surface area contributed by atoms with Crippen LogP contribution in [0.4, 0.5) is 11.5 Å². The van der Waals surface area contributed by atoms with E-state index in [1.54, 1.807) is 12.3 Å². The fourth-order valence-electron chi connectivity index (χ4n) is 2.52. The van der Waals surface area contributed by atoms with Gasteiger partial charge in [-0.25, -0.2) is 4.98 Å². The van der Waals surface area contributed by atoms with Crippen molar-refractivity contribution < 1.29 is 5.11 Å². The van der Waals surface area contributed by atoms with E-state index in [0.717, 1.165) is 37.4 Å². The van der Waals surface area contributed by atoms with Gasteiger partial charge in [0.15, 0.2) is 0 Å². The molecule has 1 fully saturated rings. The van der Waals surface area contributed by atoms with E-state index in [1.807, 2.05) is 12.3 Å². The number of aromatic hydroxyl groups is 1. The first-order valence-electron chi connectivity index (χ1n) is 6.60. The maximum atomic E-state index is 9.61. The first kappa shape index (κ1) is 13.4. The highest BCUT2D eigenvalue weighted by atomic mass is 79.9. The van der Waals surface area contributed by atoms with E-state index in [1.165, 1.54) is 0 Å². The molecule has 2 aromatic heterocycles. The second kappa shape index (κ2) is 5.80. The van der Waals surface area contributed by atoms with Crippen molar-refractivity contribution in [2.24, 2.45) is 0 Å². The van der Waals surface area contributed by atoms with Crippen molar-refractivity contribution in [3.8, 4) is 5.75 Å². The number of hydrogen-bond acceptors (Lipinski definition) is 5. The molecule has 0 spiro atoms. The summed E-state index contributed by atoms with van der Waals surface area (Å²) in [5.74, 6) is 0.953. The third-order valence-electron chi connectivity index (χ3n) is 3.50. The van der Waals surface area contributed by atoms with E-state index in [0.29, 0.717) is 10.6 Å². The van der Waals surface area contributed by atoms with Crippen LogP contribution in [0.1, 0.15) is 12.8 Å². The van der Waals surface area contributed by atoms with Crippen molar-refractivity contribution in [2.45, 2.75) is 18.9 Å². The van der Waals surface area contributed by atoms with Gasteiger partial charge < -0.3 is 15.3 Å². The van der Waals surface area contributed by atoms with Gasteiger partial charge in [-0.1, -0.05) is 0 Å². The smallest absolute Gasteiger partial charge is 0.150 e. The molecule has 20 heavy (non-hydrogen) atoms. The molecular weight excluding hydrogens is 322 g/mol. The average Bonchev–Trinajstić information content (AvgIpc) is 2.98. The molecule has 0 aromatic carbocycles. The van der Waals surface area contributed by atoms with Crippen LogP contribution in [0.15, 0.2) is 29.1 Å². The van der Waals surface area contributed by atoms with Crippen LogP contribution in [-0.4, -0.2) is 39.4 Å². The Labute approximate surface area is 125 Å². The summed E-state index contributed by atoms with van der Waals surface area (Å²) in [6, 6.07) is 3.85. The Kier molecular flexibility index (Phi) is 3.88. The second-order valence-corrected chi connectivity index (χ2v) is 5.54. The minimum absolute atomic E-state index is 0.145. The van der Waals surface area contributed by atoms with Crippen LogP contribution in [0.2, 0.25) is 0 Å². The third kappa shape index (κ3) is 2.64. The predicted molar refractivity (Wildman–Crippen MR) is 80.2 cm³/mol. The van der Waals surface area contributed by atoms with Crippen molar-refractivity contribution in [3.63, 3.8) is 0 Å². The maximum absolute atomic E-state index is 9.61. The van der Waals surface area contributed by atoms with Crippen LogP contribution in [0.25, 0.3) is 0 Å². The number of nitrogens with zero attached hydrogens (tertiary/aromatic N) is 3. The second-order valence-electron chi connectivity index (χ2n) is 4.79. The summed E-state index contributed by atoms with van der Waals surface area (Å²) < 4.78 is 0.456. The highest BCUT2D eigenvalue weighted by Crippen LogP contribution is 2.32. The Bertz CT molecular complexity index is 568. The Hall–Kier alpha value is -1.60. The number of piperidine rings is 1. The molecule has 6 nitrogen and oxygen atoms in total. The fourth-order valence-corrected chi connectivity index (χ4v) is 2.84. The number of halogens is 1. The highest BCUT2D eigenvalue weighted by molar-refractivity contribution is 9.10. The topological polar surface area (TPSA) is 77.1 Å².